The normalized spacial score (nSPS) is 11.1. The third kappa shape index (κ3) is 4.41. The summed E-state index contributed by atoms with van der Waals surface area (Å²) in [6, 6.07) is 2.51. The number of rotatable bonds is 4. The highest BCUT2D eigenvalue weighted by molar-refractivity contribution is 5.97. The Balaban J connectivity index is 2.91. The summed E-state index contributed by atoms with van der Waals surface area (Å²) in [5.74, 6) is 4.32. The highest BCUT2D eigenvalue weighted by atomic mass is 16.2. The molecular formula is C13H15N3O3. The van der Waals surface area contributed by atoms with Crippen molar-refractivity contribution in [3.63, 3.8) is 0 Å². The molecule has 2 amide bonds. The van der Waals surface area contributed by atoms with Gasteiger partial charge in [0.2, 0.25) is 5.91 Å². The number of nitrogens with zero attached hydrogens (tertiary/aromatic N) is 1. The van der Waals surface area contributed by atoms with Crippen LogP contribution in [-0.4, -0.2) is 34.6 Å². The first-order chi connectivity index (χ1) is 9.06. The quantitative estimate of drug-likeness (QED) is 0.630. The number of hydrogen-bond donors (Lipinski definition) is 3. The zero-order valence-electron chi connectivity index (χ0n) is 10.5. The molecule has 0 fully saturated rings. The zero-order valence-corrected chi connectivity index (χ0v) is 10.5. The molecule has 0 spiro atoms. The molecule has 1 rings (SSSR count). The van der Waals surface area contributed by atoms with Gasteiger partial charge in [0.1, 0.15) is 11.7 Å². The molecule has 6 heteroatoms. The first-order valence-electron chi connectivity index (χ1n) is 5.71. The van der Waals surface area contributed by atoms with Crippen LogP contribution in [0.25, 0.3) is 0 Å². The van der Waals surface area contributed by atoms with Crippen LogP contribution in [0, 0.1) is 11.8 Å². The molecule has 0 aliphatic rings. The van der Waals surface area contributed by atoms with E-state index in [1.807, 2.05) is 0 Å². The van der Waals surface area contributed by atoms with Crippen LogP contribution in [0.1, 0.15) is 29.4 Å². The van der Waals surface area contributed by atoms with E-state index in [0.717, 1.165) is 0 Å². The van der Waals surface area contributed by atoms with E-state index in [9.17, 15) is 9.59 Å². The molecule has 0 aliphatic carbocycles. The first kappa shape index (κ1) is 14.7. The summed E-state index contributed by atoms with van der Waals surface area (Å²) in [7, 11) is 0. The van der Waals surface area contributed by atoms with E-state index < -0.39 is 17.9 Å². The van der Waals surface area contributed by atoms with Crippen LogP contribution >= 0.6 is 0 Å². The van der Waals surface area contributed by atoms with Crippen molar-refractivity contribution >= 4 is 11.8 Å². The fourth-order valence-corrected chi connectivity index (χ4v) is 1.24. The maximum Gasteiger partial charge on any atom is 0.271 e. The van der Waals surface area contributed by atoms with Crippen LogP contribution in [0.4, 0.5) is 0 Å². The Morgan fingerprint density at radius 1 is 1.58 bits per heavy atom. The van der Waals surface area contributed by atoms with Gasteiger partial charge >= 0.3 is 0 Å². The molecule has 0 aromatic carbocycles. The Hall–Kier alpha value is -2.39. The molecule has 1 heterocycles. The van der Waals surface area contributed by atoms with Gasteiger partial charge in [-0.1, -0.05) is 11.8 Å². The molecule has 6 nitrogen and oxygen atoms in total. The van der Waals surface area contributed by atoms with Crippen molar-refractivity contribution in [3.05, 3.63) is 29.6 Å². The van der Waals surface area contributed by atoms with Gasteiger partial charge in [-0.3, -0.25) is 9.59 Å². The maximum absolute atomic E-state index is 11.9. The Labute approximate surface area is 111 Å². The molecule has 0 bridgehead atoms. The number of hydrogen-bond acceptors (Lipinski definition) is 4. The smallest absolute Gasteiger partial charge is 0.271 e. The molecule has 19 heavy (non-hydrogen) atoms. The fraction of sp³-hybridized carbons (Fsp3) is 0.308. The van der Waals surface area contributed by atoms with Gasteiger partial charge < -0.3 is 16.2 Å². The fourth-order valence-electron chi connectivity index (χ4n) is 1.24. The molecule has 1 aromatic heterocycles. The lowest BCUT2D eigenvalue weighted by Crippen LogP contribution is -2.42. The second-order valence-corrected chi connectivity index (χ2v) is 3.77. The SMILES string of the molecule is CC(NC(=O)c1ncccc1C#CCCO)C(N)=O. The number of aliphatic hydroxyl groups is 1. The van der Waals surface area contributed by atoms with E-state index in [1.54, 1.807) is 12.1 Å². The Bertz CT molecular complexity index is 531. The van der Waals surface area contributed by atoms with E-state index in [-0.39, 0.29) is 12.3 Å². The molecule has 100 valence electrons. The maximum atomic E-state index is 11.9. The monoisotopic (exact) mass is 261 g/mol. The summed E-state index contributed by atoms with van der Waals surface area (Å²) in [4.78, 5) is 26.7. The second-order valence-electron chi connectivity index (χ2n) is 3.77. The Morgan fingerprint density at radius 3 is 2.95 bits per heavy atom. The Kier molecular flexibility index (Phi) is 5.51. The standard InChI is InChI=1S/C13H15N3O3/c1-9(12(14)18)16-13(19)11-10(5-2-3-8-17)6-4-7-15-11/h4,6-7,9,17H,3,8H2,1H3,(H2,14,18)(H,16,19). The average Bonchev–Trinajstić information content (AvgIpc) is 2.39. The van der Waals surface area contributed by atoms with Crippen molar-refractivity contribution in [3.8, 4) is 11.8 Å². The lowest BCUT2D eigenvalue weighted by Gasteiger charge is -2.10. The highest BCUT2D eigenvalue weighted by Crippen LogP contribution is 2.04. The van der Waals surface area contributed by atoms with Gasteiger partial charge in [0.15, 0.2) is 0 Å². The van der Waals surface area contributed by atoms with Crippen LogP contribution in [-0.2, 0) is 4.79 Å². The minimum atomic E-state index is -0.784. The second kappa shape index (κ2) is 7.13. The molecular weight excluding hydrogens is 246 g/mol. The molecule has 0 radical (unpaired) electrons. The summed E-state index contributed by atoms with van der Waals surface area (Å²) in [6.45, 7) is 1.44. The molecule has 1 atom stereocenters. The minimum absolute atomic E-state index is 0.0481. The molecule has 0 saturated heterocycles. The number of primary amides is 1. The zero-order chi connectivity index (χ0) is 14.3. The van der Waals surface area contributed by atoms with Gasteiger partial charge in [0.05, 0.1) is 12.2 Å². The van der Waals surface area contributed by atoms with Gasteiger partial charge in [0.25, 0.3) is 5.91 Å². The summed E-state index contributed by atoms with van der Waals surface area (Å²) < 4.78 is 0. The van der Waals surface area contributed by atoms with Crippen LogP contribution in [0.15, 0.2) is 18.3 Å². The first-order valence-corrected chi connectivity index (χ1v) is 5.71. The number of aliphatic hydroxyl groups excluding tert-OH is 1. The predicted octanol–water partition coefficient (Wildman–Crippen LogP) is -0.581. The number of pyridine rings is 1. The van der Waals surface area contributed by atoms with Crippen molar-refractivity contribution in [2.75, 3.05) is 6.61 Å². The summed E-state index contributed by atoms with van der Waals surface area (Å²) in [5, 5.41) is 11.1. The molecule has 1 aromatic rings. The third-order valence-electron chi connectivity index (χ3n) is 2.26. The number of carbonyl (C=O) groups is 2. The number of aromatic nitrogens is 1. The minimum Gasteiger partial charge on any atom is -0.395 e. The van der Waals surface area contributed by atoms with Crippen LogP contribution in [0.2, 0.25) is 0 Å². The third-order valence-corrected chi connectivity index (χ3v) is 2.26. The molecule has 1 unspecified atom stereocenters. The topological polar surface area (TPSA) is 105 Å². The van der Waals surface area contributed by atoms with Gasteiger partial charge in [0, 0.05) is 12.6 Å². The summed E-state index contributed by atoms with van der Waals surface area (Å²) in [5.41, 5.74) is 5.63. The van der Waals surface area contributed by atoms with E-state index in [4.69, 9.17) is 10.8 Å². The van der Waals surface area contributed by atoms with E-state index in [1.165, 1.54) is 13.1 Å². The number of nitrogens with one attached hydrogen (secondary N) is 1. The molecule has 0 saturated carbocycles. The van der Waals surface area contributed by atoms with Gasteiger partial charge in [-0.15, -0.1) is 0 Å². The lowest BCUT2D eigenvalue weighted by atomic mass is 10.1. The van der Waals surface area contributed by atoms with Gasteiger partial charge in [-0.2, -0.15) is 0 Å². The van der Waals surface area contributed by atoms with Crippen molar-refractivity contribution in [2.45, 2.75) is 19.4 Å². The van der Waals surface area contributed by atoms with E-state index in [0.29, 0.717) is 12.0 Å². The van der Waals surface area contributed by atoms with Gasteiger partial charge in [-0.25, -0.2) is 4.98 Å². The van der Waals surface area contributed by atoms with Crippen molar-refractivity contribution in [1.29, 1.82) is 0 Å². The summed E-state index contributed by atoms with van der Waals surface area (Å²) in [6.07, 6.45) is 1.77. The molecule has 4 N–H and O–H groups in total. The van der Waals surface area contributed by atoms with Gasteiger partial charge in [-0.05, 0) is 19.1 Å². The van der Waals surface area contributed by atoms with Crippen molar-refractivity contribution in [1.82, 2.24) is 10.3 Å². The largest absolute Gasteiger partial charge is 0.395 e. The lowest BCUT2D eigenvalue weighted by molar-refractivity contribution is -0.119. The van der Waals surface area contributed by atoms with Crippen LogP contribution < -0.4 is 11.1 Å². The van der Waals surface area contributed by atoms with Crippen LogP contribution in [0.3, 0.4) is 0 Å². The van der Waals surface area contributed by atoms with Crippen LogP contribution in [0.5, 0.6) is 0 Å². The highest BCUT2D eigenvalue weighted by Gasteiger charge is 2.16. The number of nitrogens with two attached hydrogens (primary N) is 1. The number of amides is 2. The summed E-state index contributed by atoms with van der Waals surface area (Å²) >= 11 is 0. The van der Waals surface area contributed by atoms with Crippen molar-refractivity contribution < 1.29 is 14.7 Å². The predicted molar refractivity (Wildman–Crippen MR) is 68.9 cm³/mol. The van der Waals surface area contributed by atoms with E-state index >= 15 is 0 Å². The average molecular weight is 261 g/mol. The Morgan fingerprint density at radius 2 is 2.32 bits per heavy atom. The number of carbonyl (C=O) groups excluding carboxylic acids is 2. The van der Waals surface area contributed by atoms with Crippen molar-refractivity contribution in [2.24, 2.45) is 5.73 Å². The van der Waals surface area contributed by atoms with E-state index in [2.05, 4.69) is 22.1 Å². The molecule has 0 aliphatic heterocycles.